The zero-order chi connectivity index (χ0) is 22.4. The fourth-order valence-electron chi connectivity index (χ4n) is 3.34. The minimum absolute atomic E-state index is 0.112. The van der Waals surface area contributed by atoms with Crippen LogP contribution in [0.1, 0.15) is 16.8 Å². The van der Waals surface area contributed by atoms with Gasteiger partial charge in [-0.25, -0.2) is 0 Å². The zero-order valence-electron chi connectivity index (χ0n) is 17.4. The van der Waals surface area contributed by atoms with Crippen molar-refractivity contribution in [3.8, 4) is 17.2 Å². The molecule has 1 fully saturated rings. The molecule has 1 aliphatic rings. The Kier molecular flexibility index (Phi) is 7.87. The summed E-state index contributed by atoms with van der Waals surface area (Å²) >= 11 is 12.0. The SMILES string of the molecule is COc1ccc(C(=O)N2CCCN(C(=O)COc3ccc(Cl)cc3Cl)CC2)cc1OC. The lowest BCUT2D eigenvalue weighted by atomic mass is 10.1. The van der Waals surface area contributed by atoms with E-state index in [0.29, 0.717) is 65.5 Å². The van der Waals surface area contributed by atoms with Gasteiger partial charge < -0.3 is 24.0 Å². The van der Waals surface area contributed by atoms with E-state index in [2.05, 4.69) is 0 Å². The summed E-state index contributed by atoms with van der Waals surface area (Å²) in [5.74, 6) is 1.19. The number of carbonyl (C=O) groups is 2. The Hall–Kier alpha value is -2.64. The lowest BCUT2D eigenvalue weighted by molar-refractivity contribution is -0.133. The number of nitrogens with zero attached hydrogens (tertiary/aromatic N) is 2. The minimum Gasteiger partial charge on any atom is -0.493 e. The number of hydrogen-bond acceptors (Lipinski definition) is 5. The highest BCUT2D eigenvalue weighted by Gasteiger charge is 2.24. The van der Waals surface area contributed by atoms with E-state index in [4.69, 9.17) is 37.4 Å². The van der Waals surface area contributed by atoms with Crippen LogP contribution < -0.4 is 14.2 Å². The molecular weight excluding hydrogens is 443 g/mol. The number of halogens is 2. The van der Waals surface area contributed by atoms with Crippen molar-refractivity contribution >= 4 is 35.0 Å². The first kappa shape index (κ1) is 23.0. The molecule has 1 aliphatic heterocycles. The van der Waals surface area contributed by atoms with E-state index in [1.54, 1.807) is 53.3 Å². The van der Waals surface area contributed by atoms with Crippen LogP contribution in [0.4, 0.5) is 0 Å². The zero-order valence-corrected chi connectivity index (χ0v) is 18.9. The van der Waals surface area contributed by atoms with Crippen LogP contribution in [0.15, 0.2) is 36.4 Å². The predicted molar refractivity (Wildman–Crippen MR) is 119 cm³/mol. The number of ether oxygens (including phenoxy) is 3. The van der Waals surface area contributed by atoms with Gasteiger partial charge in [-0.05, 0) is 42.8 Å². The molecule has 0 unspecified atom stereocenters. The van der Waals surface area contributed by atoms with E-state index in [9.17, 15) is 9.59 Å². The second-order valence-electron chi connectivity index (χ2n) is 6.96. The van der Waals surface area contributed by atoms with Gasteiger partial charge in [-0.1, -0.05) is 23.2 Å². The van der Waals surface area contributed by atoms with Crippen LogP contribution in [0.3, 0.4) is 0 Å². The summed E-state index contributed by atoms with van der Waals surface area (Å²) in [6.45, 7) is 1.83. The van der Waals surface area contributed by atoms with Crippen LogP contribution in [-0.4, -0.2) is 68.6 Å². The molecule has 2 aromatic carbocycles. The van der Waals surface area contributed by atoms with Gasteiger partial charge in [-0.2, -0.15) is 0 Å². The highest BCUT2D eigenvalue weighted by molar-refractivity contribution is 6.35. The third-order valence-electron chi connectivity index (χ3n) is 5.01. The van der Waals surface area contributed by atoms with Crippen molar-refractivity contribution in [2.24, 2.45) is 0 Å². The molecule has 2 aromatic rings. The highest BCUT2D eigenvalue weighted by atomic mass is 35.5. The quantitative estimate of drug-likeness (QED) is 0.647. The Morgan fingerprint density at radius 2 is 1.55 bits per heavy atom. The Morgan fingerprint density at radius 3 is 2.26 bits per heavy atom. The van der Waals surface area contributed by atoms with E-state index < -0.39 is 0 Å². The van der Waals surface area contributed by atoms with Gasteiger partial charge in [0.1, 0.15) is 5.75 Å². The fraction of sp³-hybridized carbons (Fsp3) is 0.364. The van der Waals surface area contributed by atoms with Crippen LogP contribution in [0, 0.1) is 0 Å². The average molecular weight is 467 g/mol. The molecule has 1 saturated heterocycles. The second-order valence-corrected chi connectivity index (χ2v) is 7.80. The van der Waals surface area contributed by atoms with E-state index in [1.807, 2.05) is 0 Å². The Balaban J connectivity index is 1.58. The first-order valence-electron chi connectivity index (χ1n) is 9.80. The Morgan fingerprint density at radius 1 is 0.871 bits per heavy atom. The molecule has 9 heteroatoms. The summed E-state index contributed by atoms with van der Waals surface area (Å²) in [4.78, 5) is 29.0. The molecule has 0 spiro atoms. The second kappa shape index (κ2) is 10.6. The summed E-state index contributed by atoms with van der Waals surface area (Å²) in [6.07, 6.45) is 0.673. The van der Waals surface area contributed by atoms with Crippen LogP contribution in [0.25, 0.3) is 0 Å². The summed E-state index contributed by atoms with van der Waals surface area (Å²) in [5, 5.41) is 0.846. The summed E-state index contributed by atoms with van der Waals surface area (Å²) in [7, 11) is 3.07. The molecule has 0 aliphatic carbocycles. The van der Waals surface area contributed by atoms with E-state index in [-0.39, 0.29) is 18.4 Å². The maximum Gasteiger partial charge on any atom is 0.260 e. The van der Waals surface area contributed by atoms with Crippen molar-refractivity contribution < 1.29 is 23.8 Å². The van der Waals surface area contributed by atoms with E-state index in [1.165, 1.54) is 7.11 Å². The fourth-order valence-corrected chi connectivity index (χ4v) is 3.81. The van der Waals surface area contributed by atoms with Gasteiger partial charge >= 0.3 is 0 Å². The van der Waals surface area contributed by atoms with Gasteiger partial charge in [-0.15, -0.1) is 0 Å². The topological polar surface area (TPSA) is 68.3 Å². The minimum atomic E-state index is -0.161. The van der Waals surface area contributed by atoms with Crippen LogP contribution in [-0.2, 0) is 4.79 Å². The van der Waals surface area contributed by atoms with Gasteiger partial charge in [0.25, 0.3) is 11.8 Å². The molecule has 0 radical (unpaired) electrons. The third-order valence-corrected chi connectivity index (χ3v) is 5.54. The smallest absolute Gasteiger partial charge is 0.260 e. The molecule has 0 bridgehead atoms. The molecule has 3 rings (SSSR count). The van der Waals surface area contributed by atoms with Crippen LogP contribution in [0.2, 0.25) is 10.0 Å². The molecule has 1 heterocycles. The van der Waals surface area contributed by atoms with Gasteiger partial charge in [0.2, 0.25) is 0 Å². The van der Waals surface area contributed by atoms with Crippen molar-refractivity contribution in [1.29, 1.82) is 0 Å². The molecule has 0 saturated carbocycles. The molecule has 2 amide bonds. The summed E-state index contributed by atoms with van der Waals surface area (Å²) in [6, 6.07) is 9.92. The molecular formula is C22H24Cl2N2O5. The standard InChI is InChI=1S/C22H24Cl2N2O5/c1-29-19-6-4-15(12-20(19)30-2)22(28)26-9-3-8-25(10-11-26)21(27)14-31-18-7-5-16(23)13-17(18)24/h4-7,12-13H,3,8-11,14H2,1-2H3. The van der Waals surface area contributed by atoms with Gasteiger partial charge in [0.15, 0.2) is 18.1 Å². The monoisotopic (exact) mass is 466 g/mol. The molecule has 7 nitrogen and oxygen atoms in total. The third kappa shape index (κ3) is 5.74. The van der Waals surface area contributed by atoms with Gasteiger partial charge in [0.05, 0.1) is 19.2 Å². The maximum absolute atomic E-state index is 12.9. The average Bonchev–Trinajstić information content (AvgIpc) is 3.03. The Bertz CT molecular complexity index is 953. The first-order chi connectivity index (χ1) is 14.9. The summed E-state index contributed by atoms with van der Waals surface area (Å²) < 4.78 is 16.1. The van der Waals surface area contributed by atoms with Crippen molar-refractivity contribution in [3.05, 3.63) is 52.0 Å². The van der Waals surface area contributed by atoms with Crippen LogP contribution >= 0.6 is 23.2 Å². The lowest BCUT2D eigenvalue weighted by Gasteiger charge is -2.22. The maximum atomic E-state index is 12.9. The van der Waals surface area contributed by atoms with E-state index >= 15 is 0 Å². The van der Waals surface area contributed by atoms with Crippen molar-refractivity contribution in [3.63, 3.8) is 0 Å². The van der Waals surface area contributed by atoms with Crippen molar-refractivity contribution in [1.82, 2.24) is 9.80 Å². The number of carbonyl (C=O) groups excluding carboxylic acids is 2. The number of methoxy groups -OCH3 is 2. The molecule has 166 valence electrons. The van der Waals surface area contributed by atoms with Crippen molar-refractivity contribution in [2.75, 3.05) is 47.0 Å². The first-order valence-corrected chi connectivity index (χ1v) is 10.6. The van der Waals surface area contributed by atoms with Gasteiger partial charge in [-0.3, -0.25) is 9.59 Å². The predicted octanol–water partition coefficient (Wildman–Crippen LogP) is 3.76. The normalized spacial score (nSPS) is 14.1. The molecule has 31 heavy (non-hydrogen) atoms. The number of rotatable bonds is 6. The van der Waals surface area contributed by atoms with Gasteiger partial charge in [0, 0.05) is 36.8 Å². The largest absolute Gasteiger partial charge is 0.493 e. The van der Waals surface area contributed by atoms with Crippen molar-refractivity contribution in [2.45, 2.75) is 6.42 Å². The molecule has 0 N–H and O–H groups in total. The summed E-state index contributed by atoms with van der Waals surface area (Å²) in [5.41, 5.74) is 0.512. The lowest BCUT2D eigenvalue weighted by Crippen LogP contribution is -2.39. The number of hydrogen-bond donors (Lipinski definition) is 0. The highest BCUT2D eigenvalue weighted by Crippen LogP contribution is 2.29. The van der Waals surface area contributed by atoms with E-state index in [0.717, 1.165) is 0 Å². The molecule has 0 aromatic heterocycles. The molecule has 0 atom stereocenters. The Labute approximate surface area is 191 Å². The number of amides is 2. The van der Waals surface area contributed by atoms with Crippen LogP contribution in [0.5, 0.6) is 17.2 Å². The number of benzene rings is 2.